The summed E-state index contributed by atoms with van der Waals surface area (Å²) in [6.07, 6.45) is 0. The van der Waals surface area contributed by atoms with Gasteiger partial charge in [-0.2, -0.15) is 0 Å². The standard InChI is InChI=1S/C23H24FNO2/c1-17(18-9-4-3-5-10-18)25-15-19-12-8-14-22(26-2)23(19)27-16-20-11-6-7-13-21(20)24/h3-14,17,25H,15-16H2,1-2H3/t17-/m1/s1. The topological polar surface area (TPSA) is 30.5 Å². The molecule has 3 aromatic rings. The van der Waals surface area contributed by atoms with E-state index in [2.05, 4.69) is 24.4 Å². The molecule has 0 saturated heterocycles. The summed E-state index contributed by atoms with van der Waals surface area (Å²) in [5.74, 6) is 0.999. The second-order valence-electron chi connectivity index (χ2n) is 6.34. The molecule has 1 atom stereocenters. The molecule has 0 saturated carbocycles. The molecule has 3 nitrogen and oxygen atoms in total. The monoisotopic (exact) mass is 365 g/mol. The first-order valence-electron chi connectivity index (χ1n) is 8.99. The Labute approximate surface area is 159 Å². The molecule has 140 valence electrons. The summed E-state index contributed by atoms with van der Waals surface area (Å²) < 4.78 is 25.3. The number of para-hydroxylation sites is 1. The fraction of sp³-hybridized carbons (Fsp3) is 0.217. The van der Waals surface area contributed by atoms with E-state index in [9.17, 15) is 4.39 Å². The maximum atomic E-state index is 13.9. The molecule has 27 heavy (non-hydrogen) atoms. The fourth-order valence-electron chi connectivity index (χ4n) is 2.91. The molecule has 0 unspecified atom stereocenters. The van der Waals surface area contributed by atoms with Gasteiger partial charge >= 0.3 is 0 Å². The van der Waals surface area contributed by atoms with Crippen LogP contribution in [0.25, 0.3) is 0 Å². The SMILES string of the molecule is COc1cccc(CN[C@H](C)c2ccccc2)c1OCc1ccccc1F. The van der Waals surface area contributed by atoms with Crippen molar-refractivity contribution in [3.8, 4) is 11.5 Å². The van der Waals surface area contributed by atoms with Gasteiger partial charge in [0.2, 0.25) is 0 Å². The van der Waals surface area contributed by atoms with Crippen LogP contribution in [0.3, 0.4) is 0 Å². The summed E-state index contributed by atoms with van der Waals surface area (Å²) in [4.78, 5) is 0. The zero-order valence-electron chi connectivity index (χ0n) is 15.6. The molecule has 0 spiro atoms. The van der Waals surface area contributed by atoms with E-state index in [0.29, 0.717) is 23.6 Å². The van der Waals surface area contributed by atoms with Crippen LogP contribution in [0.4, 0.5) is 4.39 Å². The third-order valence-electron chi connectivity index (χ3n) is 4.51. The Morgan fingerprint density at radius 2 is 1.59 bits per heavy atom. The Morgan fingerprint density at radius 3 is 2.33 bits per heavy atom. The molecule has 0 aromatic heterocycles. The highest BCUT2D eigenvalue weighted by molar-refractivity contribution is 5.46. The Balaban J connectivity index is 1.74. The lowest BCUT2D eigenvalue weighted by atomic mass is 10.1. The molecule has 1 N–H and O–H groups in total. The smallest absolute Gasteiger partial charge is 0.166 e. The fourth-order valence-corrected chi connectivity index (χ4v) is 2.91. The number of rotatable bonds is 8. The summed E-state index contributed by atoms with van der Waals surface area (Å²) in [5.41, 5.74) is 2.70. The molecule has 0 aliphatic rings. The van der Waals surface area contributed by atoms with Crippen LogP contribution < -0.4 is 14.8 Å². The molecule has 0 aliphatic heterocycles. The van der Waals surface area contributed by atoms with Crippen molar-refractivity contribution in [2.24, 2.45) is 0 Å². The van der Waals surface area contributed by atoms with Crippen molar-refractivity contribution in [2.75, 3.05) is 7.11 Å². The first kappa shape index (κ1) is 18.9. The summed E-state index contributed by atoms with van der Waals surface area (Å²) in [6, 6.07) is 22.8. The lowest BCUT2D eigenvalue weighted by Crippen LogP contribution is -2.18. The molecule has 0 radical (unpaired) electrons. The van der Waals surface area contributed by atoms with Gasteiger partial charge in [-0.15, -0.1) is 0 Å². The maximum absolute atomic E-state index is 13.9. The minimum atomic E-state index is -0.273. The van der Waals surface area contributed by atoms with E-state index in [1.54, 1.807) is 25.3 Å². The summed E-state index contributed by atoms with van der Waals surface area (Å²) in [6.45, 7) is 2.88. The molecule has 3 rings (SSSR count). The van der Waals surface area contributed by atoms with E-state index in [4.69, 9.17) is 9.47 Å². The molecule has 3 aromatic carbocycles. The first-order valence-corrected chi connectivity index (χ1v) is 8.99. The van der Waals surface area contributed by atoms with Gasteiger partial charge in [0.05, 0.1) is 7.11 Å². The second kappa shape index (κ2) is 9.19. The van der Waals surface area contributed by atoms with Crippen LogP contribution in [0.5, 0.6) is 11.5 Å². The van der Waals surface area contributed by atoms with Crippen LogP contribution in [-0.2, 0) is 13.2 Å². The predicted molar refractivity (Wildman–Crippen MR) is 105 cm³/mol. The molecule has 0 amide bonds. The van der Waals surface area contributed by atoms with Crippen LogP contribution in [0.1, 0.15) is 29.7 Å². The minimum absolute atomic E-state index is 0.147. The van der Waals surface area contributed by atoms with Crippen molar-refractivity contribution in [1.82, 2.24) is 5.32 Å². The van der Waals surface area contributed by atoms with Gasteiger partial charge in [0.15, 0.2) is 11.5 Å². The number of ether oxygens (including phenoxy) is 2. The van der Waals surface area contributed by atoms with Gasteiger partial charge in [-0.3, -0.25) is 0 Å². The summed E-state index contributed by atoms with van der Waals surface area (Å²) in [7, 11) is 1.61. The highest BCUT2D eigenvalue weighted by Crippen LogP contribution is 2.32. The Bertz CT molecular complexity index is 867. The Morgan fingerprint density at radius 1 is 0.889 bits per heavy atom. The van der Waals surface area contributed by atoms with Gasteiger partial charge in [0, 0.05) is 23.7 Å². The molecule has 0 aliphatic carbocycles. The number of methoxy groups -OCH3 is 1. The van der Waals surface area contributed by atoms with Crippen molar-refractivity contribution in [3.63, 3.8) is 0 Å². The van der Waals surface area contributed by atoms with Crippen LogP contribution in [0.2, 0.25) is 0 Å². The second-order valence-corrected chi connectivity index (χ2v) is 6.34. The molecular formula is C23H24FNO2. The number of nitrogens with one attached hydrogen (secondary N) is 1. The lowest BCUT2D eigenvalue weighted by Gasteiger charge is -2.18. The number of hydrogen-bond donors (Lipinski definition) is 1. The predicted octanol–water partition coefficient (Wildman–Crippen LogP) is 5.26. The van der Waals surface area contributed by atoms with Crippen LogP contribution >= 0.6 is 0 Å². The molecule has 0 heterocycles. The molecule has 4 heteroatoms. The normalized spacial score (nSPS) is 11.8. The van der Waals surface area contributed by atoms with Crippen LogP contribution in [0, 0.1) is 5.82 Å². The molecular weight excluding hydrogens is 341 g/mol. The number of benzene rings is 3. The molecule has 0 fully saturated rings. The average molecular weight is 365 g/mol. The van der Waals surface area contributed by atoms with Gasteiger partial charge in [-0.05, 0) is 24.6 Å². The zero-order valence-corrected chi connectivity index (χ0v) is 15.6. The van der Waals surface area contributed by atoms with Gasteiger partial charge in [0.1, 0.15) is 12.4 Å². The summed E-state index contributed by atoms with van der Waals surface area (Å²) >= 11 is 0. The van der Waals surface area contributed by atoms with Crippen LogP contribution in [-0.4, -0.2) is 7.11 Å². The highest BCUT2D eigenvalue weighted by atomic mass is 19.1. The van der Waals surface area contributed by atoms with Crippen molar-refractivity contribution in [3.05, 3.63) is 95.3 Å². The van der Waals surface area contributed by atoms with E-state index < -0.39 is 0 Å². The van der Waals surface area contributed by atoms with E-state index in [1.165, 1.54) is 11.6 Å². The zero-order chi connectivity index (χ0) is 19.1. The number of hydrogen-bond acceptors (Lipinski definition) is 3. The maximum Gasteiger partial charge on any atom is 0.166 e. The minimum Gasteiger partial charge on any atom is -0.493 e. The number of halogens is 1. The van der Waals surface area contributed by atoms with Crippen LogP contribution in [0.15, 0.2) is 72.8 Å². The van der Waals surface area contributed by atoms with E-state index in [1.807, 2.05) is 36.4 Å². The van der Waals surface area contributed by atoms with E-state index >= 15 is 0 Å². The molecule has 0 bridgehead atoms. The Kier molecular flexibility index (Phi) is 6.44. The average Bonchev–Trinajstić information content (AvgIpc) is 2.72. The van der Waals surface area contributed by atoms with Gasteiger partial charge < -0.3 is 14.8 Å². The van der Waals surface area contributed by atoms with Crippen molar-refractivity contribution in [2.45, 2.75) is 26.1 Å². The quantitative estimate of drug-likeness (QED) is 0.590. The van der Waals surface area contributed by atoms with Gasteiger partial charge in [0.25, 0.3) is 0 Å². The summed E-state index contributed by atoms with van der Waals surface area (Å²) in [5, 5.41) is 3.51. The third-order valence-corrected chi connectivity index (χ3v) is 4.51. The first-order chi connectivity index (χ1) is 13.2. The van der Waals surface area contributed by atoms with Gasteiger partial charge in [-0.1, -0.05) is 60.7 Å². The highest BCUT2D eigenvalue weighted by Gasteiger charge is 2.13. The third kappa shape index (κ3) is 4.86. The Hall–Kier alpha value is -2.85. The van der Waals surface area contributed by atoms with Crippen molar-refractivity contribution < 1.29 is 13.9 Å². The largest absolute Gasteiger partial charge is 0.493 e. The van der Waals surface area contributed by atoms with Crippen molar-refractivity contribution in [1.29, 1.82) is 0 Å². The van der Waals surface area contributed by atoms with E-state index in [-0.39, 0.29) is 18.5 Å². The van der Waals surface area contributed by atoms with Crippen molar-refractivity contribution >= 4 is 0 Å². The van der Waals surface area contributed by atoms with Gasteiger partial charge in [-0.25, -0.2) is 4.39 Å². The van der Waals surface area contributed by atoms with E-state index in [0.717, 1.165) is 5.56 Å². The lowest BCUT2D eigenvalue weighted by molar-refractivity contribution is 0.275.